The van der Waals surface area contributed by atoms with Crippen LogP contribution < -0.4 is 5.32 Å². The van der Waals surface area contributed by atoms with Crippen molar-refractivity contribution in [1.29, 1.82) is 0 Å². The van der Waals surface area contributed by atoms with E-state index in [9.17, 15) is 13.2 Å². The molecule has 0 aliphatic heterocycles. The monoisotopic (exact) mass is 367 g/mol. The highest BCUT2D eigenvalue weighted by Crippen LogP contribution is 2.41. The van der Waals surface area contributed by atoms with Crippen LogP contribution in [-0.4, -0.2) is 19.1 Å². The van der Waals surface area contributed by atoms with Crippen LogP contribution in [0.25, 0.3) is 0 Å². The van der Waals surface area contributed by atoms with Crippen LogP contribution in [-0.2, 0) is 21.2 Å². The smallest absolute Gasteiger partial charge is 0.242 e. The normalized spacial score (nSPS) is 16.9. The van der Waals surface area contributed by atoms with Crippen molar-refractivity contribution in [3.8, 4) is 0 Å². The van der Waals surface area contributed by atoms with Crippen LogP contribution in [0.5, 0.6) is 0 Å². The molecule has 1 aromatic carbocycles. The second kappa shape index (κ2) is 6.61. The van der Waals surface area contributed by atoms with Gasteiger partial charge in [-0.05, 0) is 49.2 Å². The Morgan fingerprint density at radius 3 is 2.42 bits per heavy atom. The number of hydrogen-bond acceptors (Lipinski definition) is 4. The van der Waals surface area contributed by atoms with Crippen molar-refractivity contribution in [1.82, 2.24) is 5.32 Å². The number of nitrogens with one attached hydrogen (secondary N) is 1. The van der Waals surface area contributed by atoms with Crippen molar-refractivity contribution in [2.24, 2.45) is 0 Å². The molecular formula is C17H18ClNO4S. The van der Waals surface area contributed by atoms with E-state index in [4.69, 9.17) is 16.0 Å². The molecule has 1 heterocycles. The molecule has 1 N–H and O–H groups in total. The summed E-state index contributed by atoms with van der Waals surface area (Å²) in [6, 6.07) is 9.41. The fourth-order valence-corrected chi connectivity index (χ4v) is 5.36. The Morgan fingerprint density at radius 1 is 1.17 bits per heavy atom. The van der Waals surface area contributed by atoms with E-state index in [2.05, 4.69) is 5.32 Å². The summed E-state index contributed by atoms with van der Waals surface area (Å²) in [6.07, 6.45) is 3.57. The van der Waals surface area contributed by atoms with E-state index >= 15 is 0 Å². The second-order valence-electron chi connectivity index (χ2n) is 5.92. The molecule has 128 valence electrons. The van der Waals surface area contributed by atoms with Gasteiger partial charge in [0.05, 0.1) is 17.7 Å². The summed E-state index contributed by atoms with van der Waals surface area (Å²) < 4.78 is 30.0. The number of halogens is 1. The van der Waals surface area contributed by atoms with Crippen LogP contribution >= 0.6 is 11.6 Å². The predicted molar refractivity (Wildman–Crippen MR) is 90.4 cm³/mol. The molecule has 0 atom stereocenters. The van der Waals surface area contributed by atoms with Crippen LogP contribution in [0.4, 0.5) is 0 Å². The number of amides is 1. The molecule has 1 aromatic heterocycles. The molecule has 7 heteroatoms. The zero-order valence-electron chi connectivity index (χ0n) is 13.0. The first-order chi connectivity index (χ1) is 11.5. The number of hydrogen-bond donors (Lipinski definition) is 1. The van der Waals surface area contributed by atoms with Crippen molar-refractivity contribution in [2.75, 3.05) is 0 Å². The summed E-state index contributed by atoms with van der Waals surface area (Å²) in [7, 11) is -3.81. The highest BCUT2D eigenvalue weighted by molar-refractivity contribution is 7.93. The Balaban J connectivity index is 1.89. The molecule has 1 aliphatic carbocycles. The van der Waals surface area contributed by atoms with Gasteiger partial charge in [0.25, 0.3) is 0 Å². The molecule has 5 nitrogen and oxygen atoms in total. The van der Waals surface area contributed by atoms with Crippen LogP contribution in [0.1, 0.15) is 31.4 Å². The molecule has 0 saturated heterocycles. The van der Waals surface area contributed by atoms with Gasteiger partial charge in [0.2, 0.25) is 5.91 Å². The molecule has 0 spiro atoms. The maximum absolute atomic E-state index is 13.1. The Morgan fingerprint density at radius 2 is 1.83 bits per heavy atom. The highest BCUT2D eigenvalue weighted by Gasteiger charge is 2.52. The number of sulfone groups is 1. The first-order valence-electron chi connectivity index (χ1n) is 7.77. The van der Waals surface area contributed by atoms with Crippen molar-refractivity contribution in [3.05, 3.63) is 53.4 Å². The molecule has 24 heavy (non-hydrogen) atoms. The number of furan rings is 1. The van der Waals surface area contributed by atoms with Crippen molar-refractivity contribution in [2.45, 2.75) is 41.9 Å². The maximum atomic E-state index is 13.1. The number of rotatable bonds is 5. The van der Waals surface area contributed by atoms with E-state index in [0.29, 0.717) is 36.5 Å². The second-order valence-corrected chi connectivity index (χ2v) is 8.62. The SMILES string of the molecule is O=C(NCc1ccco1)C1(S(=O)(=O)c2ccc(Cl)cc2)CCCC1. The zero-order chi connectivity index (χ0) is 17.2. The molecule has 3 rings (SSSR count). The summed E-state index contributed by atoms with van der Waals surface area (Å²) in [4.78, 5) is 12.9. The minimum atomic E-state index is -3.81. The van der Waals surface area contributed by atoms with E-state index in [0.717, 1.165) is 0 Å². The maximum Gasteiger partial charge on any atom is 0.242 e. The largest absolute Gasteiger partial charge is 0.467 e. The third-order valence-electron chi connectivity index (χ3n) is 4.47. The summed E-state index contributed by atoms with van der Waals surface area (Å²) in [5.74, 6) is 0.117. The summed E-state index contributed by atoms with van der Waals surface area (Å²) in [5, 5.41) is 3.17. The molecule has 0 bridgehead atoms. The van der Waals surface area contributed by atoms with E-state index in [1.807, 2.05) is 0 Å². The van der Waals surface area contributed by atoms with Gasteiger partial charge < -0.3 is 9.73 Å². The predicted octanol–water partition coefficient (Wildman–Crippen LogP) is 3.34. The molecule has 1 fully saturated rings. The van der Waals surface area contributed by atoms with Gasteiger partial charge in [-0.15, -0.1) is 0 Å². The van der Waals surface area contributed by atoms with Crippen molar-refractivity contribution < 1.29 is 17.6 Å². The third kappa shape index (κ3) is 2.96. The lowest BCUT2D eigenvalue weighted by Gasteiger charge is -2.27. The first-order valence-corrected chi connectivity index (χ1v) is 9.63. The molecule has 1 saturated carbocycles. The van der Waals surface area contributed by atoms with Gasteiger partial charge in [-0.2, -0.15) is 0 Å². The topological polar surface area (TPSA) is 76.4 Å². The van der Waals surface area contributed by atoms with Gasteiger partial charge in [0.15, 0.2) is 14.6 Å². The fraction of sp³-hybridized carbons (Fsp3) is 0.353. The summed E-state index contributed by atoms with van der Waals surface area (Å²) in [5.41, 5.74) is 0. The Kier molecular flexibility index (Phi) is 4.69. The van der Waals surface area contributed by atoms with E-state index < -0.39 is 20.5 Å². The van der Waals surface area contributed by atoms with Crippen molar-refractivity contribution in [3.63, 3.8) is 0 Å². The van der Waals surface area contributed by atoms with Gasteiger partial charge in [-0.1, -0.05) is 24.4 Å². The Hall–Kier alpha value is -1.79. The number of carbonyl (C=O) groups is 1. The van der Waals surface area contributed by atoms with Gasteiger partial charge in [0, 0.05) is 5.02 Å². The van der Waals surface area contributed by atoms with Crippen LogP contribution in [0.2, 0.25) is 5.02 Å². The standard InChI is InChI=1S/C17H18ClNO4S/c18-13-5-7-15(8-6-13)24(21,22)17(9-1-2-10-17)16(20)19-12-14-4-3-11-23-14/h3-8,11H,1-2,9-10,12H2,(H,19,20). The quantitative estimate of drug-likeness (QED) is 0.879. The Bertz CT molecular complexity index is 807. The van der Waals surface area contributed by atoms with Crippen molar-refractivity contribution >= 4 is 27.3 Å². The van der Waals surface area contributed by atoms with Gasteiger partial charge in [-0.25, -0.2) is 8.42 Å². The lowest BCUT2D eigenvalue weighted by molar-refractivity contribution is -0.123. The van der Waals surface area contributed by atoms with Gasteiger partial charge in [0.1, 0.15) is 5.76 Å². The first kappa shape index (κ1) is 17.0. The Labute approximate surface area is 145 Å². The van der Waals surface area contributed by atoms with Gasteiger partial charge >= 0.3 is 0 Å². The van der Waals surface area contributed by atoms with Crippen LogP contribution in [0, 0.1) is 0 Å². The van der Waals surface area contributed by atoms with Crippen LogP contribution in [0.3, 0.4) is 0 Å². The number of carbonyl (C=O) groups excluding carboxylic acids is 1. The lowest BCUT2D eigenvalue weighted by Crippen LogP contribution is -2.50. The minimum Gasteiger partial charge on any atom is -0.467 e. The van der Waals surface area contributed by atoms with Crippen LogP contribution in [0.15, 0.2) is 52.0 Å². The fourth-order valence-electron chi connectivity index (χ4n) is 3.14. The summed E-state index contributed by atoms with van der Waals surface area (Å²) >= 11 is 5.84. The highest BCUT2D eigenvalue weighted by atomic mass is 35.5. The average molecular weight is 368 g/mol. The molecule has 1 aliphatic rings. The van der Waals surface area contributed by atoms with Gasteiger partial charge in [-0.3, -0.25) is 4.79 Å². The molecule has 2 aromatic rings. The third-order valence-corrected chi connectivity index (χ3v) is 7.23. The average Bonchev–Trinajstić information content (AvgIpc) is 3.25. The molecule has 1 amide bonds. The minimum absolute atomic E-state index is 0.127. The van der Waals surface area contributed by atoms with E-state index in [1.165, 1.54) is 30.5 Å². The number of benzene rings is 1. The lowest BCUT2D eigenvalue weighted by atomic mass is 10.1. The van der Waals surface area contributed by atoms with E-state index in [-0.39, 0.29) is 11.4 Å². The molecule has 0 radical (unpaired) electrons. The molecule has 0 unspecified atom stereocenters. The van der Waals surface area contributed by atoms with E-state index in [1.54, 1.807) is 12.1 Å². The summed E-state index contributed by atoms with van der Waals surface area (Å²) in [6.45, 7) is 0.170. The molecular weight excluding hydrogens is 350 g/mol. The zero-order valence-corrected chi connectivity index (χ0v) is 14.6.